The van der Waals surface area contributed by atoms with E-state index in [4.69, 9.17) is 9.47 Å². The number of ether oxygens (including phenoxy) is 2. The highest BCUT2D eigenvalue weighted by atomic mass is 32.2. The van der Waals surface area contributed by atoms with Crippen LogP contribution >= 0.6 is 11.3 Å². The number of nitrogens with zero attached hydrogens (tertiary/aromatic N) is 3. The molecule has 0 saturated carbocycles. The first-order valence-corrected chi connectivity index (χ1v) is 13.4. The zero-order valence-electron chi connectivity index (χ0n) is 19.7. The fourth-order valence-electron chi connectivity index (χ4n) is 3.74. The molecule has 1 aliphatic heterocycles. The van der Waals surface area contributed by atoms with Crippen molar-refractivity contribution in [2.24, 2.45) is 0 Å². The first kappa shape index (κ1) is 25.6. The SMILES string of the molecule is CC(C)N(CC(=O)N(Cc1ccc2c(c1)OCO2)Cc1cccs1)S(=O)(=O)c1ccc([N+](=O)[O-])cc1. The fourth-order valence-corrected chi connectivity index (χ4v) is 6.04. The van der Waals surface area contributed by atoms with Crippen molar-refractivity contribution >= 4 is 33.0 Å². The standard InChI is InChI=1S/C24H25N3O7S2/c1-17(2)26(36(31,32)21-8-6-19(7-9-21)27(29)30)15-24(28)25(14-20-4-3-11-35-20)13-18-5-10-22-23(12-18)34-16-33-22/h3-12,17H,13-16H2,1-2H3. The van der Waals surface area contributed by atoms with E-state index in [2.05, 4.69) is 0 Å². The lowest BCUT2D eigenvalue weighted by Crippen LogP contribution is -2.45. The van der Waals surface area contributed by atoms with Gasteiger partial charge in [0.2, 0.25) is 22.7 Å². The number of fused-ring (bicyclic) bond motifs is 1. The van der Waals surface area contributed by atoms with Gasteiger partial charge < -0.3 is 14.4 Å². The normalized spacial score (nSPS) is 12.8. The summed E-state index contributed by atoms with van der Waals surface area (Å²) in [4.78, 5) is 26.3. The van der Waals surface area contributed by atoms with Crippen LogP contribution in [0, 0.1) is 10.1 Å². The molecule has 10 nitrogen and oxygen atoms in total. The van der Waals surface area contributed by atoms with Gasteiger partial charge in [-0.05, 0) is 55.1 Å². The maximum absolute atomic E-state index is 13.5. The van der Waals surface area contributed by atoms with Crippen LogP contribution in [0.5, 0.6) is 11.5 Å². The average molecular weight is 532 g/mol. The van der Waals surface area contributed by atoms with E-state index in [1.807, 2.05) is 29.6 Å². The molecule has 0 atom stereocenters. The van der Waals surface area contributed by atoms with E-state index in [1.54, 1.807) is 24.8 Å². The number of non-ortho nitro benzene ring substituents is 1. The summed E-state index contributed by atoms with van der Waals surface area (Å²) in [6.45, 7) is 3.67. The molecule has 1 amide bonds. The molecule has 2 heterocycles. The Balaban J connectivity index is 1.58. The largest absolute Gasteiger partial charge is 0.454 e. The molecule has 0 bridgehead atoms. The lowest BCUT2D eigenvalue weighted by Gasteiger charge is -2.29. The number of nitro benzene ring substituents is 1. The molecule has 1 aromatic heterocycles. The van der Waals surface area contributed by atoms with Crippen LogP contribution < -0.4 is 9.47 Å². The topological polar surface area (TPSA) is 119 Å². The van der Waals surface area contributed by atoms with E-state index in [1.165, 1.54) is 23.5 Å². The van der Waals surface area contributed by atoms with Crippen molar-refractivity contribution in [1.29, 1.82) is 0 Å². The van der Waals surface area contributed by atoms with Gasteiger partial charge in [0.1, 0.15) is 0 Å². The minimum atomic E-state index is -4.08. The number of benzene rings is 2. The minimum absolute atomic E-state index is 0.116. The number of sulfonamides is 1. The Hall–Kier alpha value is -3.48. The van der Waals surface area contributed by atoms with Crippen LogP contribution in [0.3, 0.4) is 0 Å². The summed E-state index contributed by atoms with van der Waals surface area (Å²) < 4.78 is 38.7. The van der Waals surface area contributed by atoms with Crippen molar-refractivity contribution in [3.63, 3.8) is 0 Å². The molecule has 4 rings (SSSR count). The van der Waals surface area contributed by atoms with Crippen molar-refractivity contribution in [2.75, 3.05) is 13.3 Å². The molecule has 0 saturated heterocycles. The number of rotatable bonds is 10. The molecule has 1 aliphatic rings. The summed E-state index contributed by atoms with van der Waals surface area (Å²) in [5, 5.41) is 12.9. The Kier molecular flexibility index (Phi) is 7.57. The summed E-state index contributed by atoms with van der Waals surface area (Å²) in [7, 11) is -4.08. The van der Waals surface area contributed by atoms with Crippen molar-refractivity contribution in [1.82, 2.24) is 9.21 Å². The molecule has 190 valence electrons. The number of carbonyl (C=O) groups excluding carboxylic acids is 1. The first-order chi connectivity index (χ1) is 17.1. The van der Waals surface area contributed by atoms with Crippen LogP contribution in [0.2, 0.25) is 0 Å². The number of nitro groups is 1. The van der Waals surface area contributed by atoms with E-state index in [0.717, 1.165) is 26.9 Å². The van der Waals surface area contributed by atoms with Crippen molar-refractivity contribution < 1.29 is 27.6 Å². The highest BCUT2D eigenvalue weighted by molar-refractivity contribution is 7.89. The van der Waals surface area contributed by atoms with Crippen LogP contribution in [0.15, 0.2) is 64.9 Å². The Morgan fingerprint density at radius 1 is 1.08 bits per heavy atom. The number of carbonyl (C=O) groups is 1. The van der Waals surface area contributed by atoms with Crippen LogP contribution in [0.4, 0.5) is 5.69 Å². The third-order valence-electron chi connectivity index (χ3n) is 5.61. The zero-order valence-corrected chi connectivity index (χ0v) is 21.3. The van der Waals surface area contributed by atoms with E-state index >= 15 is 0 Å². The Morgan fingerprint density at radius 3 is 2.44 bits per heavy atom. The van der Waals surface area contributed by atoms with Gasteiger partial charge in [0.15, 0.2) is 11.5 Å². The molecule has 0 aliphatic carbocycles. The number of hydrogen-bond donors (Lipinski definition) is 0. The van der Waals surface area contributed by atoms with Crippen molar-refractivity contribution in [3.05, 3.63) is 80.5 Å². The summed E-state index contributed by atoms with van der Waals surface area (Å²) in [6, 6.07) is 13.4. The molecular weight excluding hydrogens is 506 g/mol. The summed E-state index contributed by atoms with van der Waals surface area (Å²) in [6.07, 6.45) is 0. The summed E-state index contributed by atoms with van der Waals surface area (Å²) >= 11 is 1.51. The molecule has 12 heteroatoms. The fraction of sp³-hybridized carbons (Fsp3) is 0.292. The molecule has 2 aromatic carbocycles. The minimum Gasteiger partial charge on any atom is -0.454 e. The predicted octanol–water partition coefficient (Wildman–Crippen LogP) is 4.01. The molecule has 0 unspecified atom stereocenters. The monoisotopic (exact) mass is 531 g/mol. The van der Waals surface area contributed by atoms with Crippen LogP contribution in [-0.2, 0) is 27.9 Å². The van der Waals surface area contributed by atoms with Gasteiger partial charge in [-0.25, -0.2) is 8.42 Å². The second-order valence-corrected chi connectivity index (χ2v) is 11.3. The summed E-state index contributed by atoms with van der Waals surface area (Å²) in [5.74, 6) is 0.857. The maximum Gasteiger partial charge on any atom is 0.269 e. The van der Waals surface area contributed by atoms with Gasteiger partial charge in [-0.1, -0.05) is 12.1 Å². The highest BCUT2D eigenvalue weighted by Gasteiger charge is 2.31. The number of hydrogen-bond acceptors (Lipinski definition) is 8. The van der Waals surface area contributed by atoms with Gasteiger partial charge in [0, 0.05) is 29.6 Å². The van der Waals surface area contributed by atoms with E-state index < -0.39 is 21.0 Å². The summed E-state index contributed by atoms with van der Waals surface area (Å²) in [5.41, 5.74) is 0.602. The van der Waals surface area contributed by atoms with Crippen molar-refractivity contribution in [2.45, 2.75) is 37.9 Å². The van der Waals surface area contributed by atoms with Gasteiger partial charge in [-0.15, -0.1) is 11.3 Å². The van der Waals surface area contributed by atoms with Gasteiger partial charge in [0.25, 0.3) is 5.69 Å². The van der Waals surface area contributed by atoms with E-state index in [9.17, 15) is 23.3 Å². The average Bonchev–Trinajstić information content (AvgIpc) is 3.53. The van der Waals surface area contributed by atoms with Crippen LogP contribution in [0.1, 0.15) is 24.3 Å². The Bertz CT molecular complexity index is 1340. The molecule has 3 aromatic rings. The van der Waals surface area contributed by atoms with Gasteiger partial charge in [-0.3, -0.25) is 14.9 Å². The van der Waals surface area contributed by atoms with Gasteiger partial charge in [0.05, 0.1) is 22.9 Å². The lowest BCUT2D eigenvalue weighted by molar-refractivity contribution is -0.384. The number of thiophene rings is 1. The van der Waals surface area contributed by atoms with Gasteiger partial charge in [-0.2, -0.15) is 4.31 Å². The first-order valence-electron chi connectivity index (χ1n) is 11.1. The number of amides is 1. The molecule has 0 fully saturated rings. The van der Waals surface area contributed by atoms with E-state index in [0.29, 0.717) is 18.0 Å². The third kappa shape index (κ3) is 5.66. The second kappa shape index (κ2) is 10.6. The van der Waals surface area contributed by atoms with E-state index in [-0.39, 0.29) is 36.4 Å². The maximum atomic E-state index is 13.5. The smallest absolute Gasteiger partial charge is 0.269 e. The molecule has 0 N–H and O–H groups in total. The van der Waals surface area contributed by atoms with Crippen LogP contribution in [0.25, 0.3) is 0 Å². The van der Waals surface area contributed by atoms with Crippen LogP contribution in [-0.4, -0.2) is 47.8 Å². The zero-order chi connectivity index (χ0) is 25.9. The second-order valence-electron chi connectivity index (χ2n) is 8.41. The quantitative estimate of drug-likeness (QED) is 0.286. The van der Waals surface area contributed by atoms with Crippen molar-refractivity contribution in [3.8, 4) is 11.5 Å². The van der Waals surface area contributed by atoms with Gasteiger partial charge >= 0.3 is 0 Å². The predicted molar refractivity (Wildman–Crippen MR) is 133 cm³/mol. The molecular formula is C24H25N3O7S2. The lowest BCUT2D eigenvalue weighted by atomic mass is 10.2. The Morgan fingerprint density at radius 2 is 1.81 bits per heavy atom. The molecule has 0 radical (unpaired) electrons. The molecule has 0 spiro atoms. The third-order valence-corrected chi connectivity index (χ3v) is 8.51. The highest BCUT2D eigenvalue weighted by Crippen LogP contribution is 2.33. The molecule has 36 heavy (non-hydrogen) atoms. The Labute approximate surface area is 212 Å².